The van der Waals surface area contributed by atoms with Crippen molar-refractivity contribution in [2.24, 2.45) is 5.92 Å². The minimum atomic E-state index is -0.799. The molecule has 0 radical (unpaired) electrons. The number of hydrogen-bond donors (Lipinski definition) is 2. The van der Waals surface area contributed by atoms with E-state index in [1.807, 2.05) is 30.9 Å². The number of carbonyl (C=O) groups is 1. The van der Waals surface area contributed by atoms with E-state index in [1.54, 1.807) is 6.07 Å². The summed E-state index contributed by atoms with van der Waals surface area (Å²) in [4.78, 5) is 13.1. The lowest BCUT2D eigenvalue weighted by Crippen LogP contribution is -2.54. The monoisotopic (exact) mass is 333 g/mol. The molecule has 3 aliphatic heterocycles. The number of nitrogens with zero attached hydrogens (tertiary/aromatic N) is 1. The Labute approximate surface area is 141 Å². The van der Waals surface area contributed by atoms with Gasteiger partial charge in [-0.3, -0.25) is 9.69 Å². The van der Waals surface area contributed by atoms with Crippen molar-refractivity contribution < 1.29 is 24.5 Å². The Kier molecular flexibility index (Phi) is 3.51. The molecular weight excluding hydrogens is 310 g/mol. The largest absolute Gasteiger partial charge is 0.504 e. The molecule has 1 aromatic carbocycles. The van der Waals surface area contributed by atoms with E-state index in [0.717, 1.165) is 24.9 Å². The minimum Gasteiger partial charge on any atom is -0.504 e. The maximum absolute atomic E-state index is 11.1. The van der Waals surface area contributed by atoms with E-state index in [1.165, 1.54) is 0 Å². The van der Waals surface area contributed by atoms with Gasteiger partial charge in [-0.05, 0) is 32.8 Å². The number of aromatic hydroxyl groups is 1. The third-order valence-corrected chi connectivity index (χ3v) is 5.71. The van der Waals surface area contributed by atoms with Gasteiger partial charge in [0, 0.05) is 24.1 Å². The maximum atomic E-state index is 11.1. The van der Waals surface area contributed by atoms with Crippen LogP contribution in [0.25, 0.3) is 0 Å². The number of carboxylic acid groups (broad SMARTS) is 1. The molecule has 3 heterocycles. The van der Waals surface area contributed by atoms with E-state index in [2.05, 4.69) is 0 Å². The minimum absolute atomic E-state index is 0.0368. The molecule has 0 unspecified atom stereocenters. The number of hydrogen-bond acceptors (Lipinski definition) is 5. The summed E-state index contributed by atoms with van der Waals surface area (Å²) >= 11 is 0. The first-order chi connectivity index (χ1) is 11.4. The second-order valence-corrected chi connectivity index (χ2v) is 7.56. The predicted molar refractivity (Wildman–Crippen MR) is 86.1 cm³/mol. The first-order valence-corrected chi connectivity index (χ1v) is 8.49. The van der Waals surface area contributed by atoms with Gasteiger partial charge >= 0.3 is 5.97 Å². The molecule has 6 nitrogen and oxygen atoms in total. The van der Waals surface area contributed by atoms with Crippen molar-refractivity contribution in [3.63, 3.8) is 0 Å². The standard InChI is InChI=1S/C18H23NO5/c1-18(2)11-8-12-14(6-7-19(12)9-15(21)22)23-16(11)10-4-3-5-13(20)17(10)24-18/h3-5,11-12,14,16,20H,6-9H2,1-2H3,(H,21,22)/t11-,12-,14-,16+/m1/s1. The molecule has 24 heavy (non-hydrogen) atoms. The van der Waals surface area contributed by atoms with Gasteiger partial charge in [-0.2, -0.15) is 0 Å². The molecule has 0 amide bonds. The van der Waals surface area contributed by atoms with Gasteiger partial charge in [0.05, 0.1) is 18.8 Å². The number of fused-ring (bicyclic) bond motifs is 4. The third kappa shape index (κ3) is 2.36. The highest BCUT2D eigenvalue weighted by Crippen LogP contribution is 2.54. The van der Waals surface area contributed by atoms with Crippen molar-refractivity contribution in [3.8, 4) is 11.5 Å². The van der Waals surface area contributed by atoms with Crippen molar-refractivity contribution in [1.82, 2.24) is 4.90 Å². The number of aliphatic carboxylic acids is 1. The van der Waals surface area contributed by atoms with Crippen LogP contribution in [-0.2, 0) is 9.53 Å². The summed E-state index contributed by atoms with van der Waals surface area (Å²) in [5.74, 6) is -0.0269. The Morgan fingerprint density at radius 2 is 2.21 bits per heavy atom. The molecule has 2 N–H and O–H groups in total. The van der Waals surface area contributed by atoms with E-state index in [0.29, 0.717) is 5.75 Å². The fraction of sp³-hybridized carbons (Fsp3) is 0.611. The topological polar surface area (TPSA) is 79.2 Å². The summed E-state index contributed by atoms with van der Waals surface area (Å²) in [7, 11) is 0. The van der Waals surface area contributed by atoms with Crippen molar-refractivity contribution in [1.29, 1.82) is 0 Å². The van der Waals surface area contributed by atoms with Crippen LogP contribution in [0.15, 0.2) is 18.2 Å². The fourth-order valence-electron chi connectivity index (χ4n) is 4.54. The van der Waals surface area contributed by atoms with Gasteiger partial charge in [-0.15, -0.1) is 0 Å². The molecule has 2 fully saturated rings. The van der Waals surface area contributed by atoms with Crippen molar-refractivity contribution in [3.05, 3.63) is 23.8 Å². The van der Waals surface area contributed by atoms with Crippen molar-refractivity contribution >= 4 is 5.97 Å². The number of para-hydroxylation sites is 1. The van der Waals surface area contributed by atoms with E-state index in [-0.39, 0.29) is 36.5 Å². The van der Waals surface area contributed by atoms with E-state index < -0.39 is 11.6 Å². The summed E-state index contributed by atoms with van der Waals surface area (Å²) in [6, 6.07) is 5.51. The summed E-state index contributed by atoms with van der Waals surface area (Å²) < 4.78 is 12.5. The normalized spacial score (nSPS) is 33.9. The molecule has 4 rings (SSSR count). The van der Waals surface area contributed by atoms with Gasteiger partial charge in [-0.25, -0.2) is 0 Å². The fourth-order valence-corrected chi connectivity index (χ4v) is 4.54. The van der Waals surface area contributed by atoms with Crippen molar-refractivity contribution in [2.75, 3.05) is 13.1 Å². The molecule has 0 spiro atoms. The van der Waals surface area contributed by atoms with Gasteiger partial charge < -0.3 is 19.7 Å². The van der Waals surface area contributed by atoms with Crippen LogP contribution >= 0.6 is 0 Å². The molecule has 0 bridgehead atoms. The molecule has 0 aliphatic carbocycles. The zero-order valence-electron chi connectivity index (χ0n) is 13.9. The quantitative estimate of drug-likeness (QED) is 0.863. The van der Waals surface area contributed by atoms with Gasteiger partial charge in [0.15, 0.2) is 11.5 Å². The summed E-state index contributed by atoms with van der Waals surface area (Å²) in [5.41, 5.74) is 0.410. The SMILES string of the molecule is CC1(C)Oc2c(O)cccc2[C@@H]2O[C@@H]3CCN(CC(=O)O)[C@@H]3C[C@H]21. The number of likely N-dealkylation sites (tertiary alicyclic amines) is 1. The molecular formula is C18H23NO5. The molecule has 2 saturated heterocycles. The highest BCUT2D eigenvalue weighted by atomic mass is 16.5. The van der Waals surface area contributed by atoms with E-state index in [9.17, 15) is 9.90 Å². The summed E-state index contributed by atoms with van der Waals surface area (Å²) in [6.07, 6.45) is 1.60. The number of benzene rings is 1. The lowest BCUT2D eigenvalue weighted by molar-refractivity contribution is -0.164. The van der Waals surface area contributed by atoms with E-state index in [4.69, 9.17) is 14.6 Å². The lowest BCUT2D eigenvalue weighted by Gasteiger charge is -2.50. The molecule has 0 aromatic heterocycles. The Bertz CT molecular complexity index is 673. The number of rotatable bonds is 2. The van der Waals surface area contributed by atoms with Crippen LogP contribution in [0.2, 0.25) is 0 Å². The number of carboxylic acids is 1. The van der Waals surface area contributed by atoms with Gasteiger partial charge in [0.1, 0.15) is 5.60 Å². The Hall–Kier alpha value is -1.79. The molecule has 1 aromatic rings. The average molecular weight is 333 g/mol. The smallest absolute Gasteiger partial charge is 0.317 e. The van der Waals surface area contributed by atoms with Gasteiger partial charge in [-0.1, -0.05) is 12.1 Å². The van der Waals surface area contributed by atoms with Crippen LogP contribution in [0.5, 0.6) is 11.5 Å². The van der Waals surface area contributed by atoms with E-state index >= 15 is 0 Å². The van der Waals surface area contributed by atoms with Crippen LogP contribution in [-0.4, -0.2) is 51.9 Å². The zero-order chi connectivity index (χ0) is 17.1. The molecule has 4 atom stereocenters. The zero-order valence-corrected chi connectivity index (χ0v) is 13.9. The van der Waals surface area contributed by atoms with Crippen LogP contribution in [0, 0.1) is 5.92 Å². The second kappa shape index (κ2) is 5.36. The first kappa shape index (κ1) is 15.7. The van der Waals surface area contributed by atoms with Crippen LogP contribution in [0.4, 0.5) is 0 Å². The van der Waals surface area contributed by atoms with Crippen LogP contribution in [0.3, 0.4) is 0 Å². The first-order valence-electron chi connectivity index (χ1n) is 8.49. The van der Waals surface area contributed by atoms with Crippen molar-refractivity contribution in [2.45, 2.75) is 50.5 Å². The summed E-state index contributed by atoms with van der Waals surface area (Å²) in [5, 5.41) is 19.3. The second-order valence-electron chi connectivity index (χ2n) is 7.56. The van der Waals surface area contributed by atoms with Gasteiger partial charge in [0.25, 0.3) is 0 Å². The highest BCUT2D eigenvalue weighted by Gasteiger charge is 2.53. The predicted octanol–water partition coefficient (Wildman–Crippen LogP) is 2.17. The Morgan fingerprint density at radius 1 is 1.42 bits per heavy atom. The maximum Gasteiger partial charge on any atom is 0.317 e. The average Bonchev–Trinajstić information content (AvgIpc) is 2.89. The number of ether oxygens (including phenoxy) is 2. The molecule has 0 saturated carbocycles. The summed E-state index contributed by atoms with van der Waals surface area (Å²) in [6.45, 7) is 4.83. The number of phenolic OH excluding ortho intramolecular Hbond substituents is 1. The lowest BCUT2D eigenvalue weighted by atomic mass is 9.74. The third-order valence-electron chi connectivity index (χ3n) is 5.71. The Balaban J connectivity index is 1.67. The Morgan fingerprint density at radius 3 is 2.96 bits per heavy atom. The highest BCUT2D eigenvalue weighted by molar-refractivity contribution is 5.69. The van der Waals surface area contributed by atoms with Gasteiger partial charge in [0.2, 0.25) is 0 Å². The molecule has 130 valence electrons. The number of phenols is 1. The molecule has 3 aliphatic rings. The van der Waals surface area contributed by atoms with Crippen LogP contribution in [0.1, 0.15) is 38.4 Å². The molecule has 6 heteroatoms. The van der Waals surface area contributed by atoms with Crippen LogP contribution < -0.4 is 4.74 Å².